The predicted molar refractivity (Wildman–Crippen MR) is 206 cm³/mol. The Morgan fingerprint density at radius 2 is 0.674 bits per heavy atom. The molecule has 0 aromatic rings. The molecule has 1 aliphatic rings. The van der Waals surface area contributed by atoms with Crippen molar-refractivity contribution in [3.05, 3.63) is 0 Å². The molecule has 0 N–H and O–H groups in total. The maximum Gasteiger partial charge on any atom is 0.174 e. The molecule has 1 atom stereocenters. The van der Waals surface area contributed by atoms with Crippen molar-refractivity contribution in [3.8, 4) is 0 Å². The van der Waals surface area contributed by atoms with Crippen LogP contribution in [0.3, 0.4) is 0 Å². The lowest BCUT2D eigenvalue weighted by atomic mass is 10.0. The molecule has 1 heterocycles. The van der Waals surface area contributed by atoms with Gasteiger partial charge < -0.3 is 4.43 Å². The van der Waals surface area contributed by atoms with E-state index in [0.717, 1.165) is 0 Å². The van der Waals surface area contributed by atoms with Gasteiger partial charge in [0.15, 0.2) is 7.83 Å². The minimum Gasteiger partial charge on any atom is -0.415 e. The normalized spacial score (nSPS) is 20.9. The molecule has 1 fully saturated rings. The van der Waals surface area contributed by atoms with Gasteiger partial charge in [-0.3, -0.25) is 0 Å². The van der Waals surface area contributed by atoms with Gasteiger partial charge in [0.25, 0.3) is 0 Å². The summed E-state index contributed by atoms with van der Waals surface area (Å²) in [5.74, 6) is 0. The molecule has 0 aromatic heterocycles. The number of hydrogen-bond acceptors (Lipinski definition) is 1. The third kappa shape index (κ3) is 18.5. The Morgan fingerprint density at radius 3 is 0.953 bits per heavy atom. The van der Waals surface area contributed by atoms with E-state index < -0.39 is 22.5 Å². The zero-order valence-corrected chi connectivity index (χ0v) is 34.6. The van der Waals surface area contributed by atoms with E-state index in [4.69, 9.17) is 4.43 Å². The summed E-state index contributed by atoms with van der Waals surface area (Å²) in [5, 5.41) is 0. The Morgan fingerprint density at radius 1 is 0.419 bits per heavy atom. The molecular formula is C39H84OSi3. The molecule has 1 aliphatic heterocycles. The van der Waals surface area contributed by atoms with Crippen LogP contribution in [-0.2, 0) is 4.43 Å². The Kier molecular flexibility index (Phi) is 23.1. The van der Waals surface area contributed by atoms with Gasteiger partial charge in [0.1, 0.15) is 0 Å². The first-order valence-electron chi connectivity index (χ1n) is 20.2. The summed E-state index contributed by atoms with van der Waals surface area (Å²) in [6.45, 7) is 20.5. The Hall–Kier alpha value is 0.611. The molecule has 1 rings (SSSR count). The quantitative estimate of drug-likeness (QED) is 0.0577. The molecule has 1 saturated heterocycles. The van der Waals surface area contributed by atoms with Gasteiger partial charge in [-0.25, -0.2) is 0 Å². The van der Waals surface area contributed by atoms with Crippen molar-refractivity contribution in [3.63, 3.8) is 0 Å². The van der Waals surface area contributed by atoms with Gasteiger partial charge in [-0.1, -0.05) is 213 Å². The molecule has 0 aliphatic carbocycles. The van der Waals surface area contributed by atoms with Gasteiger partial charge in [-0.2, -0.15) is 0 Å². The van der Waals surface area contributed by atoms with Crippen molar-refractivity contribution in [1.82, 2.24) is 0 Å². The van der Waals surface area contributed by atoms with E-state index in [1.165, 1.54) is 192 Å². The second-order valence-electron chi connectivity index (χ2n) is 17.1. The smallest absolute Gasteiger partial charge is 0.174 e. The van der Waals surface area contributed by atoms with E-state index in [-0.39, 0.29) is 5.60 Å². The molecule has 0 amide bonds. The molecular weight excluding hydrogens is 569 g/mol. The van der Waals surface area contributed by atoms with E-state index in [1.54, 1.807) is 0 Å². The molecule has 0 bridgehead atoms. The highest BCUT2D eigenvalue weighted by molar-refractivity contribution is 7.67. The van der Waals surface area contributed by atoms with Crippen molar-refractivity contribution in [2.75, 3.05) is 0 Å². The first-order valence-corrected chi connectivity index (χ1v) is 31.0. The van der Waals surface area contributed by atoms with Crippen LogP contribution in [0.25, 0.3) is 0 Å². The lowest BCUT2D eigenvalue weighted by Crippen LogP contribution is -2.78. The first kappa shape index (κ1) is 41.6. The lowest BCUT2D eigenvalue weighted by molar-refractivity contribution is 0.120. The maximum atomic E-state index is 7.01. The molecule has 258 valence electrons. The summed E-state index contributed by atoms with van der Waals surface area (Å²) >= 11 is 0. The summed E-state index contributed by atoms with van der Waals surface area (Å²) in [6, 6.07) is 2.81. The summed E-state index contributed by atoms with van der Waals surface area (Å²) in [4.78, 5) is 0. The highest BCUT2D eigenvalue weighted by Crippen LogP contribution is 2.46. The van der Waals surface area contributed by atoms with Crippen LogP contribution in [0.5, 0.6) is 0 Å². The Balaban J connectivity index is 1.81. The third-order valence-electron chi connectivity index (χ3n) is 11.9. The van der Waals surface area contributed by atoms with Crippen LogP contribution in [0.2, 0.25) is 44.8 Å². The van der Waals surface area contributed by atoms with Crippen LogP contribution in [-0.4, -0.2) is 28.1 Å². The number of hydrogen-bond donors (Lipinski definition) is 0. The van der Waals surface area contributed by atoms with E-state index in [2.05, 4.69) is 53.5 Å². The molecule has 1 unspecified atom stereocenters. The van der Waals surface area contributed by atoms with Gasteiger partial charge in [-0.05, 0) is 32.5 Å². The van der Waals surface area contributed by atoms with Crippen LogP contribution in [0.1, 0.15) is 201 Å². The topological polar surface area (TPSA) is 9.23 Å². The zero-order valence-electron chi connectivity index (χ0n) is 31.6. The summed E-state index contributed by atoms with van der Waals surface area (Å²) in [5.41, 5.74) is 0.144. The summed E-state index contributed by atoms with van der Waals surface area (Å²) in [6.07, 6.45) is 41.3. The largest absolute Gasteiger partial charge is 0.415 e. The van der Waals surface area contributed by atoms with Crippen LogP contribution in [0.4, 0.5) is 0 Å². The molecule has 0 spiro atoms. The minimum atomic E-state index is -1.56. The van der Waals surface area contributed by atoms with Crippen LogP contribution >= 0.6 is 0 Å². The average molecular weight is 653 g/mol. The predicted octanol–water partition coefficient (Wildman–Crippen LogP) is 14.9. The van der Waals surface area contributed by atoms with Crippen molar-refractivity contribution in [1.29, 1.82) is 0 Å². The number of unbranched alkanes of at least 4 members (excludes halogenated alkanes) is 27. The van der Waals surface area contributed by atoms with E-state index in [0.29, 0.717) is 0 Å². The van der Waals surface area contributed by atoms with Gasteiger partial charge in [-0.15, -0.1) is 0 Å². The monoisotopic (exact) mass is 653 g/mol. The average Bonchev–Trinajstić information content (AvgIpc) is 2.93. The fourth-order valence-corrected chi connectivity index (χ4v) is 41.8. The van der Waals surface area contributed by atoms with Crippen molar-refractivity contribution in [2.24, 2.45) is 0 Å². The van der Waals surface area contributed by atoms with Crippen LogP contribution in [0.15, 0.2) is 0 Å². The summed E-state index contributed by atoms with van der Waals surface area (Å²) in [7, 11) is -3.92. The third-order valence-corrected chi connectivity index (χ3v) is 52.5. The highest BCUT2D eigenvalue weighted by atomic mass is 29.6. The second-order valence-corrected chi connectivity index (χ2v) is 43.8. The summed E-state index contributed by atoms with van der Waals surface area (Å²) < 4.78 is 7.01. The lowest BCUT2D eigenvalue weighted by Gasteiger charge is -2.59. The van der Waals surface area contributed by atoms with E-state index in [1.807, 2.05) is 0 Å². The molecule has 4 heteroatoms. The van der Waals surface area contributed by atoms with E-state index in [9.17, 15) is 0 Å². The molecule has 1 nitrogen and oxygen atoms in total. The van der Waals surface area contributed by atoms with E-state index >= 15 is 0 Å². The SMILES string of the molecule is CCCCCCCCCCCCCCCCCCCCCCCCCCCCCC[Si]1(C)OC(C)(C)C[Si](C)(C)[Si]1(C)C. The van der Waals surface area contributed by atoms with Crippen LogP contribution < -0.4 is 0 Å². The molecule has 43 heavy (non-hydrogen) atoms. The Labute approximate surface area is 277 Å². The molecule has 0 aromatic carbocycles. The highest BCUT2D eigenvalue weighted by Gasteiger charge is 2.62. The molecule has 0 radical (unpaired) electrons. The maximum absolute atomic E-state index is 7.01. The minimum absolute atomic E-state index is 0.144. The van der Waals surface area contributed by atoms with Gasteiger partial charge in [0.05, 0.1) is 7.11 Å². The standard InChI is InChI=1S/C39H84OSi3/c1-9-10-11-12-13-14-15-16-17-18-19-20-21-22-23-24-25-26-27-28-29-30-31-32-33-34-35-36-37-43(8)40-39(2,3)38-41(4,5)42(43,6)7/h9-38H2,1-8H3. The first-order chi connectivity index (χ1) is 20.5. The van der Waals surface area contributed by atoms with Crippen molar-refractivity contribution >= 4 is 22.5 Å². The van der Waals surface area contributed by atoms with Crippen LogP contribution in [0, 0.1) is 0 Å². The van der Waals surface area contributed by atoms with Gasteiger partial charge in [0.2, 0.25) is 0 Å². The van der Waals surface area contributed by atoms with Gasteiger partial charge in [0, 0.05) is 13.2 Å². The second kappa shape index (κ2) is 23.9. The zero-order chi connectivity index (χ0) is 31.9. The number of rotatable bonds is 29. The van der Waals surface area contributed by atoms with Gasteiger partial charge >= 0.3 is 0 Å². The fourth-order valence-electron chi connectivity index (χ4n) is 8.27. The van der Waals surface area contributed by atoms with Crippen molar-refractivity contribution in [2.45, 2.75) is 251 Å². The molecule has 0 saturated carbocycles. The van der Waals surface area contributed by atoms with Crippen molar-refractivity contribution < 1.29 is 4.43 Å². The fraction of sp³-hybridized carbons (Fsp3) is 1.00. The Bertz CT molecular complexity index is 646.